The predicted molar refractivity (Wildman–Crippen MR) is 56.6 cm³/mol. The Kier molecular flexibility index (Phi) is 2.82. The molecule has 0 aliphatic rings. The van der Waals surface area contributed by atoms with Crippen LogP contribution in [0.1, 0.15) is 11.5 Å². The van der Waals surface area contributed by atoms with E-state index in [1.165, 1.54) is 12.1 Å². The summed E-state index contributed by atoms with van der Waals surface area (Å²) in [5.41, 5.74) is 6.81. The van der Waals surface area contributed by atoms with Crippen LogP contribution in [-0.2, 0) is 6.54 Å². The maximum absolute atomic E-state index is 12.8. The molecule has 0 aliphatic heterocycles. The lowest BCUT2D eigenvalue weighted by atomic mass is 10.2. The summed E-state index contributed by atoms with van der Waals surface area (Å²) >= 11 is 0. The second-order valence-corrected chi connectivity index (χ2v) is 3.29. The largest absolute Gasteiger partial charge is 0.406 e. The van der Waals surface area contributed by atoms with Gasteiger partial charge < -0.3 is 15.5 Å². The van der Waals surface area contributed by atoms with E-state index in [1.807, 2.05) is 0 Å². The molecule has 0 radical (unpaired) electrons. The van der Waals surface area contributed by atoms with Crippen LogP contribution < -0.4 is 11.1 Å². The highest BCUT2D eigenvalue weighted by Crippen LogP contribution is 2.20. The minimum absolute atomic E-state index is 0.192. The van der Waals surface area contributed by atoms with Gasteiger partial charge in [-0.2, -0.15) is 0 Å². The molecule has 6 heteroatoms. The highest BCUT2D eigenvalue weighted by atomic mass is 19.1. The van der Waals surface area contributed by atoms with Crippen molar-refractivity contribution in [2.75, 3.05) is 5.32 Å². The summed E-state index contributed by atoms with van der Waals surface area (Å²) in [5.74, 6) is 0.0680. The molecule has 0 spiro atoms. The number of anilines is 2. The van der Waals surface area contributed by atoms with Crippen LogP contribution in [0.3, 0.4) is 0 Å². The average molecular weight is 222 g/mol. The summed E-state index contributed by atoms with van der Waals surface area (Å²) in [6.45, 7) is 1.97. The zero-order valence-electron chi connectivity index (χ0n) is 8.70. The monoisotopic (exact) mass is 222 g/mol. The zero-order chi connectivity index (χ0) is 11.5. The molecule has 16 heavy (non-hydrogen) atoms. The minimum atomic E-state index is -0.281. The van der Waals surface area contributed by atoms with Crippen LogP contribution in [0, 0.1) is 12.7 Å². The van der Waals surface area contributed by atoms with Crippen molar-refractivity contribution in [1.82, 2.24) is 10.2 Å². The quantitative estimate of drug-likeness (QED) is 0.826. The Balaban J connectivity index is 2.20. The molecule has 2 aromatic rings. The normalized spacial score (nSPS) is 10.4. The molecule has 0 saturated carbocycles. The van der Waals surface area contributed by atoms with Gasteiger partial charge in [-0.15, -0.1) is 5.10 Å². The van der Waals surface area contributed by atoms with Gasteiger partial charge >= 0.3 is 6.01 Å². The molecule has 5 nitrogen and oxygen atoms in total. The number of nitrogens with one attached hydrogen (secondary N) is 1. The van der Waals surface area contributed by atoms with Gasteiger partial charge in [0.25, 0.3) is 0 Å². The molecule has 2 rings (SSSR count). The van der Waals surface area contributed by atoms with Crippen LogP contribution in [0.15, 0.2) is 22.6 Å². The molecule has 84 valence electrons. The topological polar surface area (TPSA) is 77.0 Å². The Morgan fingerprint density at radius 3 is 2.88 bits per heavy atom. The summed E-state index contributed by atoms with van der Waals surface area (Å²) in [6.07, 6.45) is 0. The van der Waals surface area contributed by atoms with E-state index in [1.54, 1.807) is 13.0 Å². The third-order valence-electron chi connectivity index (χ3n) is 2.07. The molecule has 0 saturated heterocycles. The van der Waals surface area contributed by atoms with E-state index in [9.17, 15) is 4.39 Å². The Bertz CT molecular complexity index is 497. The number of halogens is 1. The SMILES string of the molecule is Cc1cc(F)ccc1Nc1nnc(CN)o1. The first kappa shape index (κ1) is 10.6. The summed E-state index contributed by atoms with van der Waals surface area (Å²) < 4.78 is 18.0. The number of aryl methyl sites for hydroxylation is 1. The van der Waals surface area contributed by atoms with E-state index in [2.05, 4.69) is 15.5 Å². The van der Waals surface area contributed by atoms with E-state index >= 15 is 0 Å². The van der Waals surface area contributed by atoms with Crippen LogP contribution in [0.25, 0.3) is 0 Å². The van der Waals surface area contributed by atoms with Gasteiger partial charge in [-0.05, 0) is 30.7 Å². The summed E-state index contributed by atoms with van der Waals surface area (Å²) in [4.78, 5) is 0. The van der Waals surface area contributed by atoms with Crippen molar-refractivity contribution in [3.63, 3.8) is 0 Å². The number of aromatic nitrogens is 2. The smallest absolute Gasteiger partial charge is 0.320 e. The van der Waals surface area contributed by atoms with Crippen molar-refractivity contribution in [3.05, 3.63) is 35.5 Å². The lowest BCUT2D eigenvalue weighted by Crippen LogP contribution is -1.95. The van der Waals surface area contributed by atoms with Crippen LogP contribution in [0.2, 0.25) is 0 Å². The van der Waals surface area contributed by atoms with Gasteiger partial charge in [0.1, 0.15) is 5.82 Å². The van der Waals surface area contributed by atoms with Crippen LogP contribution in [-0.4, -0.2) is 10.2 Å². The first-order valence-electron chi connectivity index (χ1n) is 4.74. The van der Waals surface area contributed by atoms with Gasteiger partial charge in [-0.25, -0.2) is 4.39 Å². The molecule has 1 aromatic heterocycles. The third-order valence-corrected chi connectivity index (χ3v) is 2.07. The lowest BCUT2D eigenvalue weighted by molar-refractivity contribution is 0.511. The molecule has 0 aliphatic carbocycles. The fourth-order valence-corrected chi connectivity index (χ4v) is 1.27. The van der Waals surface area contributed by atoms with Crippen molar-refractivity contribution in [2.45, 2.75) is 13.5 Å². The van der Waals surface area contributed by atoms with Crippen LogP contribution in [0.4, 0.5) is 16.1 Å². The van der Waals surface area contributed by atoms with Gasteiger partial charge in [-0.1, -0.05) is 5.10 Å². The number of hydrogen-bond donors (Lipinski definition) is 2. The second-order valence-electron chi connectivity index (χ2n) is 3.29. The zero-order valence-corrected chi connectivity index (χ0v) is 8.70. The molecular weight excluding hydrogens is 211 g/mol. The highest BCUT2D eigenvalue weighted by Gasteiger charge is 2.06. The van der Waals surface area contributed by atoms with E-state index in [4.69, 9.17) is 10.2 Å². The van der Waals surface area contributed by atoms with Crippen LogP contribution in [0.5, 0.6) is 0 Å². The van der Waals surface area contributed by atoms with Crippen molar-refractivity contribution < 1.29 is 8.81 Å². The number of hydrogen-bond acceptors (Lipinski definition) is 5. The van der Waals surface area contributed by atoms with Crippen LogP contribution >= 0.6 is 0 Å². The molecule has 0 amide bonds. The molecule has 0 atom stereocenters. The van der Waals surface area contributed by atoms with Gasteiger partial charge in [0.05, 0.1) is 6.54 Å². The Morgan fingerprint density at radius 2 is 2.25 bits per heavy atom. The highest BCUT2D eigenvalue weighted by molar-refractivity contribution is 5.56. The standard InChI is InChI=1S/C10H11FN4O/c1-6-4-7(11)2-3-8(6)13-10-15-14-9(5-12)16-10/h2-4H,5,12H2,1H3,(H,13,15). The van der Waals surface area contributed by atoms with Crippen molar-refractivity contribution in [3.8, 4) is 0 Å². The maximum atomic E-state index is 12.8. The fraction of sp³-hybridized carbons (Fsp3) is 0.200. The molecule has 0 bridgehead atoms. The van der Waals surface area contributed by atoms with E-state index in [-0.39, 0.29) is 18.4 Å². The third kappa shape index (κ3) is 2.17. The summed E-state index contributed by atoms with van der Waals surface area (Å²) in [7, 11) is 0. The van der Waals surface area contributed by atoms with Crippen molar-refractivity contribution in [2.24, 2.45) is 5.73 Å². The van der Waals surface area contributed by atoms with E-state index in [0.717, 1.165) is 5.56 Å². The van der Waals surface area contributed by atoms with Gasteiger partial charge in [0.15, 0.2) is 0 Å². The molecule has 1 aromatic carbocycles. The Morgan fingerprint density at radius 1 is 1.44 bits per heavy atom. The summed E-state index contributed by atoms with van der Waals surface area (Å²) in [6, 6.07) is 4.63. The molecule has 1 heterocycles. The molecule has 0 unspecified atom stereocenters. The van der Waals surface area contributed by atoms with Crippen molar-refractivity contribution >= 4 is 11.7 Å². The van der Waals surface area contributed by atoms with Gasteiger partial charge in [0.2, 0.25) is 5.89 Å². The Hall–Kier alpha value is -1.95. The average Bonchev–Trinajstić information content (AvgIpc) is 2.70. The van der Waals surface area contributed by atoms with Gasteiger partial charge in [-0.3, -0.25) is 0 Å². The number of nitrogens with two attached hydrogens (primary N) is 1. The number of nitrogens with zero attached hydrogens (tertiary/aromatic N) is 2. The maximum Gasteiger partial charge on any atom is 0.320 e. The first-order chi connectivity index (χ1) is 7.69. The minimum Gasteiger partial charge on any atom is -0.406 e. The van der Waals surface area contributed by atoms with Crippen molar-refractivity contribution in [1.29, 1.82) is 0 Å². The predicted octanol–water partition coefficient (Wildman–Crippen LogP) is 1.72. The molecular formula is C10H11FN4O. The summed E-state index contributed by atoms with van der Waals surface area (Å²) in [5, 5.41) is 10.3. The molecule has 3 N–H and O–H groups in total. The fourth-order valence-electron chi connectivity index (χ4n) is 1.27. The number of rotatable bonds is 3. The lowest BCUT2D eigenvalue weighted by Gasteiger charge is -2.04. The molecule has 0 fully saturated rings. The van der Waals surface area contributed by atoms with E-state index < -0.39 is 0 Å². The van der Waals surface area contributed by atoms with E-state index in [0.29, 0.717) is 11.6 Å². The second kappa shape index (κ2) is 4.28. The number of benzene rings is 1. The Labute approximate surface area is 91.5 Å². The van der Waals surface area contributed by atoms with Gasteiger partial charge in [0, 0.05) is 5.69 Å². The first-order valence-corrected chi connectivity index (χ1v) is 4.74.